The molecule has 0 spiro atoms. The molecule has 1 aliphatic carbocycles. The van der Waals surface area contributed by atoms with Crippen molar-refractivity contribution < 1.29 is 19.4 Å². The smallest absolute Gasteiger partial charge is 0.326 e. The summed E-state index contributed by atoms with van der Waals surface area (Å²) in [7, 11) is 1.75. The summed E-state index contributed by atoms with van der Waals surface area (Å²) >= 11 is 1.57. The van der Waals surface area contributed by atoms with E-state index in [1.54, 1.807) is 18.9 Å². The molecule has 3 rings (SSSR count). The number of hydrogen-bond acceptors (Lipinski definition) is 5. The van der Waals surface area contributed by atoms with Gasteiger partial charge in [-0.05, 0) is 72.1 Å². The Morgan fingerprint density at radius 3 is 2.54 bits per heavy atom. The molecule has 2 aromatic carbocycles. The number of methoxy groups -OCH3 is 1. The number of aryl methyl sites for hydroxylation is 1. The van der Waals surface area contributed by atoms with Crippen LogP contribution in [0.3, 0.4) is 0 Å². The lowest BCUT2D eigenvalue weighted by atomic mass is 9.85. The van der Waals surface area contributed by atoms with Crippen molar-refractivity contribution >= 4 is 23.6 Å². The van der Waals surface area contributed by atoms with Crippen molar-refractivity contribution in [1.29, 1.82) is 0 Å². The normalized spacial score (nSPS) is 15.8. The van der Waals surface area contributed by atoms with Gasteiger partial charge in [-0.3, -0.25) is 4.79 Å². The summed E-state index contributed by atoms with van der Waals surface area (Å²) in [4.78, 5) is 25.0. The Morgan fingerprint density at radius 1 is 1.11 bits per heavy atom. The Kier molecular flexibility index (Phi) is 12.0. The summed E-state index contributed by atoms with van der Waals surface area (Å²) in [5.74, 6) is 0.0441. The quantitative estimate of drug-likeness (QED) is 0.294. The van der Waals surface area contributed by atoms with Gasteiger partial charge in [0.2, 0.25) is 0 Å². The Balaban J connectivity index is 1.82. The number of carbonyl (C=O) groups is 2. The molecule has 1 amide bonds. The minimum Gasteiger partial charge on any atom is -0.480 e. The highest BCUT2D eigenvalue weighted by molar-refractivity contribution is 7.98. The van der Waals surface area contributed by atoms with Crippen LogP contribution >= 0.6 is 11.8 Å². The second-order valence-corrected chi connectivity index (χ2v) is 11.1. The molecule has 0 aromatic heterocycles. The van der Waals surface area contributed by atoms with Crippen LogP contribution in [-0.2, 0) is 16.1 Å². The molecule has 2 aromatic rings. The highest BCUT2D eigenvalue weighted by atomic mass is 32.2. The van der Waals surface area contributed by atoms with E-state index in [4.69, 9.17) is 4.74 Å². The number of nitrogens with one attached hydrogen (secondary N) is 2. The number of ether oxygens (including phenoxy) is 1. The van der Waals surface area contributed by atoms with Gasteiger partial charge in [0, 0.05) is 25.3 Å². The first-order chi connectivity index (χ1) is 17.9. The molecule has 202 valence electrons. The number of amides is 1. The van der Waals surface area contributed by atoms with Crippen LogP contribution in [0.4, 0.5) is 0 Å². The molecular formula is C30H42N2O4S. The number of rotatable bonds is 14. The topological polar surface area (TPSA) is 87.7 Å². The number of hydrogen-bond donors (Lipinski definition) is 3. The largest absolute Gasteiger partial charge is 0.480 e. The van der Waals surface area contributed by atoms with Crippen LogP contribution in [0.2, 0.25) is 0 Å². The van der Waals surface area contributed by atoms with Crippen LogP contribution < -0.4 is 10.6 Å². The second kappa shape index (κ2) is 15.2. The minimum absolute atomic E-state index is 0.283. The van der Waals surface area contributed by atoms with Gasteiger partial charge in [0.25, 0.3) is 5.91 Å². The molecule has 6 nitrogen and oxygen atoms in total. The summed E-state index contributed by atoms with van der Waals surface area (Å²) in [6.07, 6.45) is 10.0. The molecule has 7 heteroatoms. The number of carboxylic acids is 1. The summed E-state index contributed by atoms with van der Waals surface area (Å²) in [6.45, 7) is 3.38. The lowest BCUT2D eigenvalue weighted by Crippen LogP contribution is -2.41. The Hall–Kier alpha value is -2.35. The summed E-state index contributed by atoms with van der Waals surface area (Å²) in [6, 6.07) is 13.2. The summed E-state index contributed by atoms with van der Waals surface area (Å²) < 4.78 is 5.51. The van der Waals surface area contributed by atoms with Gasteiger partial charge in [0.15, 0.2) is 0 Å². The standard InChI is InChI=1S/C30H42N2O4S/c1-21-9-7-8-12-25(21)27-18-23(19-31-24(20-36-2)17-22-10-5-4-6-11-22)13-14-26(27)29(33)32-28(30(34)35)15-16-37-3/h7-9,12-14,18,22,24,28,31H,4-6,10-11,15-17,19-20H2,1-3H3,(H,32,33)(H,34,35)/t24?,28-/m0/s1. The zero-order valence-corrected chi connectivity index (χ0v) is 23.2. The van der Waals surface area contributed by atoms with E-state index in [2.05, 4.69) is 16.7 Å². The molecule has 3 N–H and O–H groups in total. The Morgan fingerprint density at radius 2 is 1.86 bits per heavy atom. The molecule has 0 radical (unpaired) electrons. The molecule has 0 bridgehead atoms. The van der Waals surface area contributed by atoms with Gasteiger partial charge in [0.1, 0.15) is 6.04 Å². The van der Waals surface area contributed by atoms with Gasteiger partial charge in [-0.2, -0.15) is 11.8 Å². The maximum absolute atomic E-state index is 13.3. The van der Waals surface area contributed by atoms with Gasteiger partial charge in [-0.1, -0.05) is 62.4 Å². The average molecular weight is 527 g/mol. The van der Waals surface area contributed by atoms with Gasteiger partial charge >= 0.3 is 5.97 Å². The first-order valence-corrected chi connectivity index (χ1v) is 14.8. The maximum Gasteiger partial charge on any atom is 0.326 e. The van der Waals surface area contributed by atoms with E-state index in [1.807, 2.05) is 49.6 Å². The Labute approximate surface area is 226 Å². The number of carbonyl (C=O) groups excluding carboxylic acids is 1. The SMILES string of the molecule is COCC(CC1CCCCC1)NCc1ccc(C(=O)N[C@@H](CCSC)C(=O)O)c(-c2ccccc2C)c1. The van der Waals surface area contributed by atoms with E-state index in [0.29, 0.717) is 30.9 Å². The van der Waals surface area contributed by atoms with E-state index in [0.717, 1.165) is 34.6 Å². The van der Waals surface area contributed by atoms with Crippen LogP contribution in [0.5, 0.6) is 0 Å². The third kappa shape index (κ3) is 8.87. The number of carboxylic acid groups (broad SMARTS) is 1. The van der Waals surface area contributed by atoms with Gasteiger partial charge in [-0.15, -0.1) is 0 Å². The zero-order chi connectivity index (χ0) is 26.6. The van der Waals surface area contributed by atoms with Crippen molar-refractivity contribution in [3.63, 3.8) is 0 Å². The first kappa shape index (κ1) is 29.2. The predicted molar refractivity (Wildman–Crippen MR) is 152 cm³/mol. The monoisotopic (exact) mass is 526 g/mol. The van der Waals surface area contributed by atoms with E-state index in [9.17, 15) is 14.7 Å². The molecular weight excluding hydrogens is 484 g/mol. The third-order valence-corrected chi connectivity index (χ3v) is 7.93. The average Bonchev–Trinajstić information content (AvgIpc) is 2.90. The van der Waals surface area contributed by atoms with Crippen molar-refractivity contribution in [1.82, 2.24) is 10.6 Å². The molecule has 0 saturated heterocycles. The van der Waals surface area contributed by atoms with Gasteiger partial charge < -0.3 is 20.5 Å². The van der Waals surface area contributed by atoms with E-state index >= 15 is 0 Å². The Bertz CT molecular complexity index is 1020. The molecule has 2 atom stereocenters. The van der Waals surface area contributed by atoms with Crippen LogP contribution in [0.1, 0.15) is 66.4 Å². The number of thioether (sulfide) groups is 1. The van der Waals surface area contributed by atoms with Crippen molar-refractivity contribution in [2.45, 2.75) is 70.5 Å². The fourth-order valence-corrected chi connectivity index (χ4v) is 5.70. The van der Waals surface area contributed by atoms with Gasteiger partial charge in [-0.25, -0.2) is 4.79 Å². The van der Waals surface area contributed by atoms with Crippen molar-refractivity contribution in [2.24, 2.45) is 5.92 Å². The highest BCUT2D eigenvalue weighted by Gasteiger charge is 2.23. The predicted octanol–water partition coefficient (Wildman–Crippen LogP) is 5.67. The van der Waals surface area contributed by atoms with Crippen LogP contribution in [0, 0.1) is 12.8 Å². The fraction of sp³-hybridized carbons (Fsp3) is 0.533. The van der Waals surface area contributed by atoms with Crippen molar-refractivity contribution in [2.75, 3.05) is 25.7 Å². The zero-order valence-electron chi connectivity index (χ0n) is 22.4. The highest BCUT2D eigenvalue weighted by Crippen LogP contribution is 2.30. The maximum atomic E-state index is 13.3. The van der Waals surface area contributed by atoms with Crippen molar-refractivity contribution in [3.8, 4) is 11.1 Å². The lowest BCUT2D eigenvalue weighted by molar-refractivity contribution is -0.139. The number of benzene rings is 2. The molecule has 1 aliphatic rings. The van der Waals surface area contributed by atoms with E-state index in [-0.39, 0.29) is 11.9 Å². The van der Waals surface area contributed by atoms with Gasteiger partial charge in [0.05, 0.1) is 6.61 Å². The van der Waals surface area contributed by atoms with Crippen LogP contribution in [0.15, 0.2) is 42.5 Å². The molecule has 1 fully saturated rings. The molecule has 1 unspecified atom stereocenters. The molecule has 0 aliphatic heterocycles. The lowest BCUT2D eigenvalue weighted by Gasteiger charge is -2.27. The third-order valence-electron chi connectivity index (χ3n) is 7.28. The number of aliphatic carboxylic acids is 1. The minimum atomic E-state index is -1.01. The first-order valence-electron chi connectivity index (χ1n) is 13.4. The molecule has 37 heavy (non-hydrogen) atoms. The fourth-order valence-electron chi connectivity index (χ4n) is 5.23. The van der Waals surface area contributed by atoms with Crippen LogP contribution in [-0.4, -0.2) is 54.8 Å². The summed E-state index contributed by atoms with van der Waals surface area (Å²) in [5.41, 5.74) is 4.43. The van der Waals surface area contributed by atoms with E-state index in [1.165, 1.54) is 32.1 Å². The van der Waals surface area contributed by atoms with E-state index < -0.39 is 12.0 Å². The molecule has 1 saturated carbocycles. The molecule has 0 heterocycles. The summed E-state index contributed by atoms with van der Waals surface area (Å²) in [5, 5.41) is 16.0. The van der Waals surface area contributed by atoms with Crippen LogP contribution in [0.25, 0.3) is 11.1 Å². The van der Waals surface area contributed by atoms with Crippen molar-refractivity contribution in [3.05, 3.63) is 59.2 Å². The second-order valence-electron chi connectivity index (χ2n) is 10.1.